The number of ether oxygens (including phenoxy) is 1. The van der Waals surface area contributed by atoms with Crippen molar-refractivity contribution in [2.45, 2.75) is 40.0 Å². The van der Waals surface area contributed by atoms with Gasteiger partial charge in [-0.15, -0.1) is 0 Å². The molecule has 0 aromatic heterocycles. The minimum absolute atomic E-state index is 0.241. The SMILES string of the molecule is CCCCN/C=C1\C(=N)C(N)=Nc2cccc(OCCC(C)C)c21. The van der Waals surface area contributed by atoms with Crippen LogP contribution in [0.15, 0.2) is 29.4 Å². The zero-order chi connectivity index (χ0) is 17.5. The molecule has 1 aliphatic heterocycles. The van der Waals surface area contributed by atoms with E-state index >= 15 is 0 Å². The van der Waals surface area contributed by atoms with Gasteiger partial charge < -0.3 is 15.8 Å². The number of fused-ring (bicyclic) bond motifs is 1. The molecule has 5 heteroatoms. The molecule has 0 bridgehead atoms. The van der Waals surface area contributed by atoms with E-state index in [0.717, 1.165) is 48.4 Å². The molecule has 0 atom stereocenters. The van der Waals surface area contributed by atoms with E-state index in [1.165, 1.54) is 0 Å². The van der Waals surface area contributed by atoms with Crippen molar-refractivity contribution >= 4 is 22.8 Å². The average Bonchev–Trinajstić information content (AvgIpc) is 2.54. The number of nitrogens with one attached hydrogen (secondary N) is 2. The smallest absolute Gasteiger partial charge is 0.150 e. The maximum Gasteiger partial charge on any atom is 0.150 e. The summed E-state index contributed by atoms with van der Waals surface area (Å²) in [5, 5.41) is 11.6. The largest absolute Gasteiger partial charge is 0.493 e. The number of aliphatic imine (C=N–C) groups is 1. The average molecular weight is 328 g/mol. The van der Waals surface area contributed by atoms with Gasteiger partial charge >= 0.3 is 0 Å². The van der Waals surface area contributed by atoms with Gasteiger partial charge in [0.05, 0.1) is 17.9 Å². The van der Waals surface area contributed by atoms with Crippen molar-refractivity contribution in [3.05, 3.63) is 30.0 Å². The number of nitrogens with two attached hydrogens (primary N) is 1. The van der Waals surface area contributed by atoms with Crippen LogP contribution in [0.1, 0.15) is 45.6 Å². The summed E-state index contributed by atoms with van der Waals surface area (Å²) in [6.45, 7) is 8.02. The van der Waals surface area contributed by atoms with Crippen LogP contribution in [0.2, 0.25) is 0 Å². The van der Waals surface area contributed by atoms with Crippen LogP contribution in [0.5, 0.6) is 5.75 Å². The fraction of sp³-hybridized carbons (Fsp3) is 0.474. The van der Waals surface area contributed by atoms with Crippen LogP contribution >= 0.6 is 0 Å². The maximum absolute atomic E-state index is 8.29. The number of rotatable bonds is 8. The lowest BCUT2D eigenvalue weighted by molar-refractivity contribution is 0.289. The molecular formula is C19H28N4O. The topological polar surface area (TPSA) is 83.5 Å². The van der Waals surface area contributed by atoms with Crippen LogP contribution < -0.4 is 15.8 Å². The molecule has 1 aliphatic rings. The van der Waals surface area contributed by atoms with Gasteiger partial charge in [0.15, 0.2) is 0 Å². The highest BCUT2D eigenvalue weighted by atomic mass is 16.5. The molecule has 130 valence electrons. The normalized spacial score (nSPS) is 15.4. The van der Waals surface area contributed by atoms with E-state index in [9.17, 15) is 0 Å². The summed E-state index contributed by atoms with van der Waals surface area (Å²) in [5.74, 6) is 1.59. The van der Waals surface area contributed by atoms with Gasteiger partial charge in [-0.25, -0.2) is 4.99 Å². The van der Waals surface area contributed by atoms with E-state index in [1.54, 1.807) is 0 Å². The molecule has 4 N–H and O–H groups in total. The molecule has 1 heterocycles. The molecule has 0 unspecified atom stereocenters. The molecule has 24 heavy (non-hydrogen) atoms. The first-order valence-corrected chi connectivity index (χ1v) is 8.67. The number of amidine groups is 1. The Hall–Kier alpha value is -2.30. The van der Waals surface area contributed by atoms with Crippen LogP contribution in [0.25, 0.3) is 5.57 Å². The van der Waals surface area contributed by atoms with E-state index < -0.39 is 0 Å². The summed E-state index contributed by atoms with van der Waals surface area (Å²) in [5.41, 5.74) is 8.52. The highest BCUT2D eigenvalue weighted by molar-refractivity contribution is 6.57. The van der Waals surface area contributed by atoms with Gasteiger partial charge in [0.25, 0.3) is 0 Å². The van der Waals surface area contributed by atoms with Crippen molar-refractivity contribution in [2.24, 2.45) is 16.6 Å². The predicted octanol–water partition coefficient (Wildman–Crippen LogP) is 3.86. The van der Waals surface area contributed by atoms with Crippen molar-refractivity contribution in [2.75, 3.05) is 13.2 Å². The molecule has 0 saturated heterocycles. The van der Waals surface area contributed by atoms with Crippen molar-refractivity contribution < 1.29 is 4.74 Å². The Labute approximate surface area is 144 Å². The lowest BCUT2D eigenvalue weighted by Gasteiger charge is -2.21. The summed E-state index contributed by atoms with van der Waals surface area (Å²) in [7, 11) is 0. The molecule has 0 radical (unpaired) electrons. The molecular weight excluding hydrogens is 300 g/mol. The van der Waals surface area contributed by atoms with Crippen molar-refractivity contribution in [3.63, 3.8) is 0 Å². The van der Waals surface area contributed by atoms with E-state index in [4.69, 9.17) is 15.9 Å². The van der Waals surface area contributed by atoms with E-state index in [1.807, 2.05) is 24.4 Å². The van der Waals surface area contributed by atoms with Crippen LogP contribution in [0.4, 0.5) is 5.69 Å². The van der Waals surface area contributed by atoms with Gasteiger partial charge in [-0.05, 0) is 30.9 Å². The molecule has 0 saturated carbocycles. The Bertz CT molecular complexity index is 647. The van der Waals surface area contributed by atoms with Gasteiger partial charge in [0.1, 0.15) is 17.3 Å². The monoisotopic (exact) mass is 328 g/mol. The lowest BCUT2D eigenvalue weighted by atomic mass is 9.95. The molecule has 1 aromatic carbocycles. The summed E-state index contributed by atoms with van der Waals surface area (Å²) in [6.07, 6.45) is 5.06. The second-order valence-electron chi connectivity index (χ2n) is 6.42. The Morgan fingerprint density at radius 2 is 2.17 bits per heavy atom. The molecule has 2 rings (SSSR count). The fourth-order valence-electron chi connectivity index (χ4n) is 2.45. The zero-order valence-corrected chi connectivity index (χ0v) is 14.9. The third kappa shape index (κ3) is 4.37. The molecule has 5 nitrogen and oxygen atoms in total. The van der Waals surface area contributed by atoms with Crippen molar-refractivity contribution in [3.8, 4) is 5.75 Å². The van der Waals surface area contributed by atoms with Gasteiger partial charge in [0.2, 0.25) is 0 Å². The molecule has 0 spiro atoms. The van der Waals surface area contributed by atoms with Crippen LogP contribution in [-0.2, 0) is 0 Å². The predicted molar refractivity (Wildman–Crippen MR) is 101 cm³/mol. The first kappa shape index (κ1) is 18.0. The Morgan fingerprint density at radius 1 is 1.38 bits per heavy atom. The molecule has 0 amide bonds. The second kappa shape index (κ2) is 8.52. The minimum Gasteiger partial charge on any atom is -0.493 e. The minimum atomic E-state index is 0.241. The van der Waals surface area contributed by atoms with Gasteiger partial charge in [-0.1, -0.05) is 33.3 Å². The van der Waals surface area contributed by atoms with Gasteiger partial charge in [-0.3, -0.25) is 5.41 Å². The highest BCUT2D eigenvalue weighted by Crippen LogP contribution is 2.38. The standard InChI is InChI=1S/C19H28N4O/c1-4-5-10-22-12-14-17-15(23-19(21)18(14)20)7-6-8-16(17)24-11-9-13(2)3/h6-8,12-13,20,22H,4-5,9-11H2,1-3H3,(H2,21,23)/b14-12-,20-18?. The third-order valence-electron chi connectivity index (χ3n) is 3.91. The zero-order valence-electron chi connectivity index (χ0n) is 14.9. The number of unbranched alkanes of at least 4 members (excludes halogenated alkanes) is 1. The first-order chi connectivity index (χ1) is 11.5. The van der Waals surface area contributed by atoms with E-state index in [0.29, 0.717) is 12.5 Å². The van der Waals surface area contributed by atoms with Crippen LogP contribution in [-0.4, -0.2) is 24.7 Å². The first-order valence-electron chi connectivity index (χ1n) is 8.67. The molecule has 0 aliphatic carbocycles. The summed E-state index contributed by atoms with van der Waals surface area (Å²) >= 11 is 0. The highest BCUT2D eigenvalue weighted by Gasteiger charge is 2.24. The fourth-order valence-corrected chi connectivity index (χ4v) is 2.45. The van der Waals surface area contributed by atoms with E-state index in [-0.39, 0.29) is 11.5 Å². The lowest BCUT2D eigenvalue weighted by Crippen LogP contribution is -2.28. The number of hydrogen-bond donors (Lipinski definition) is 3. The van der Waals surface area contributed by atoms with Crippen LogP contribution in [0.3, 0.4) is 0 Å². The summed E-state index contributed by atoms with van der Waals surface area (Å²) < 4.78 is 5.98. The molecule has 0 fully saturated rings. The van der Waals surface area contributed by atoms with Crippen LogP contribution in [0, 0.1) is 11.3 Å². The Kier molecular flexibility index (Phi) is 6.41. The van der Waals surface area contributed by atoms with Crippen molar-refractivity contribution in [1.82, 2.24) is 5.32 Å². The molecule has 1 aromatic rings. The second-order valence-corrected chi connectivity index (χ2v) is 6.42. The summed E-state index contributed by atoms with van der Waals surface area (Å²) in [6, 6.07) is 5.75. The van der Waals surface area contributed by atoms with E-state index in [2.05, 4.69) is 31.1 Å². The Morgan fingerprint density at radius 3 is 2.88 bits per heavy atom. The summed E-state index contributed by atoms with van der Waals surface area (Å²) in [4.78, 5) is 4.35. The number of hydrogen-bond acceptors (Lipinski definition) is 5. The van der Waals surface area contributed by atoms with Crippen molar-refractivity contribution in [1.29, 1.82) is 5.41 Å². The van der Waals surface area contributed by atoms with Gasteiger partial charge in [0, 0.05) is 18.3 Å². The number of benzene rings is 1. The quantitative estimate of drug-likeness (QED) is 0.634. The van der Waals surface area contributed by atoms with Gasteiger partial charge in [-0.2, -0.15) is 0 Å². The number of nitrogens with zero attached hydrogens (tertiary/aromatic N) is 1. The maximum atomic E-state index is 8.29. The Balaban J connectivity index is 2.31. The third-order valence-corrected chi connectivity index (χ3v) is 3.91.